The zero-order valence-electron chi connectivity index (χ0n) is 15.6. The van der Waals surface area contributed by atoms with Crippen LogP contribution in [0.2, 0.25) is 0 Å². The molecule has 0 bridgehead atoms. The first-order valence-corrected chi connectivity index (χ1v) is 9.72. The van der Waals surface area contributed by atoms with E-state index in [2.05, 4.69) is 10.3 Å². The highest BCUT2D eigenvalue weighted by atomic mass is 32.2. The van der Waals surface area contributed by atoms with E-state index in [4.69, 9.17) is 4.74 Å². The highest BCUT2D eigenvalue weighted by molar-refractivity contribution is 7.89. The molecule has 0 saturated heterocycles. The molecule has 1 atom stereocenters. The zero-order chi connectivity index (χ0) is 19.5. The Morgan fingerprint density at radius 3 is 2.42 bits per heavy atom. The van der Waals surface area contributed by atoms with Crippen LogP contribution in [0.3, 0.4) is 0 Å². The van der Waals surface area contributed by atoms with Crippen LogP contribution in [0, 0.1) is 27.7 Å². The number of hydrogen-bond donors (Lipinski definition) is 2. The predicted octanol–water partition coefficient (Wildman–Crippen LogP) is 2.70. The SMILES string of the molecule is Cc1ccc(C)c(S(=O)(=O)NNC(=O)[C@H](C)Oc2cccc(C)c2C)c1. The Balaban J connectivity index is 2.05. The molecule has 6 nitrogen and oxygen atoms in total. The molecule has 0 aliphatic rings. The summed E-state index contributed by atoms with van der Waals surface area (Å²) in [6.07, 6.45) is -0.864. The summed E-state index contributed by atoms with van der Waals surface area (Å²) < 4.78 is 30.5. The second-order valence-electron chi connectivity index (χ2n) is 6.32. The molecule has 0 aliphatic carbocycles. The third kappa shape index (κ3) is 4.62. The highest BCUT2D eigenvalue weighted by Crippen LogP contribution is 2.21. The molecule has 2 N–H and O–H groups in total. The monoisotopic (exact) mass is 376 g/mol. The Bertz CT molecular complexity index is 923. The largest absolute Gasteiger partial charge is 0.481 e. The van der Waals surface area contributed by atoms with Gasteiger partial charge >= 0.3 is 0 Å². The maximum Gasteiger partial charge on any atom is 0.275 e. The molecule has 2 aromatic rings. The lowest BCUT2D eigenvalue weighted by Crippen LogP contribution is -2.47. The molecule has 0 unspecified atom stereocenters. The van der Waals surface area contributed by atoms with Crippen molar-refractivity contribution in [3.05, 3.63) is 58.7 Å². The van der Waals surface area contributed by atoms with Gasteiger partial charge < -0.3 is 4.74 Å². The third-order valence-electron chi connectivity index (χ3n) is 4.17. The summed E-state index contributed by atoms with van der Waals surface area (Å²) in [5, 5.41) is 0. The molecular formula is C19H24N2O4S. The van der Waals surface area contributed by atoms with Crippen LogP contribution in [-0.4, -0.2) is 20.4 Å². The maximum absolute atomic E-state index is 12.4. The number of sulfonamides is 1. The van der Waals surface area contributed by atoms with E-state index in [1.54, 1.807) is 39.0 Å². The fraction of sp³-hybridized carbons (Fsp3) is 0.316. The summed E-state index contributed by atoms with van der Waals surface area (Å²) in [6, 6.07) is 10.7. The van der Waals surface area contributed by atoms with Crippen molar-refractivity contribution >= 4 is 15.9 Å². The second kappa shape index (κ2) is 7.88. The number of rotatable bonds is 6. The van der Waals surface area contributed by atoms with E-state index in [0.717, 1.165) is 16.7 Å². The van der Waals surface area contributed by atoms with Crippen LogP contribution in [0.1, 0.15) is 29.2 Å². The van der Waals surface area contributed by atoms with Gasteiger partial charge in [0.2, 0.25) is 0 Å². The van der Waals surface area contributed by atoms with Crippen molar-refractivity contribution in [2.45, 2.75) is 45.6 Å². The van der Waals surface area contributed by atoms with Crippen molar-refractivity contribution in [1.29, 1.82) is 0 Å². The number of amides is 1. The third-order valence-corrected chi connectivity index (χ3v) is 5.56. The van der Waals surface area contributed by atoms with Gasteiger partial charge in [-0.2, -0.15) is 0 Å². The van der Waals surface area contributed by atoms with Gasteiger partial charge in [0.1, 0.15) is 5.75 Å². The lowest BCUT2D eigenvalue weighted by molar-refractivity contribution is -0.127. The number of aryl methyl sites for hydroxylation is 3. The van der Waals surface area contributed by atoms with E-state index in [-0.39, 0.29) is 4.90 Å². The van der Waals surface area contributed by atoms with Gasteiger partial charge in [-0.3, -0.25) is 10.2 Å². The summed E-state index contributed by atoms with van der Waals surface area (Å²) in [4.78, 5) is 14.5. The van der Waals surface area contributed by atoms with Gasteiger partial charge in [-0.1, -0.05) is 24.3 Å². The van der Waals surface area contributed by atoms with Gasteiger partial charge in [0, 0.05) is 0 Å². The lowest BCUT2D eigenvalue weighted by atomic mass is 10.1. The maximum atomic E-state index is 12.4. The van der Waals surface area contributed by atoms with Gasteiger partial charge in [-0.15, -0.1) is 4.83 Å². The molecule has 0 fully saturated rings. The Kier molecular flexibility index (Phi) is 6.05. The quantitative estimate of drug-likeness (QED) is 0.759. The van der Waals surface area contributed by atoms with Crippen molar-refractivity contribution < 1.29 is 17.9 Å². The fourth-order valence-electron chi connectivity index (χ4n) is 2.37. The molecule has 1 amide bonds. The standard InChI is InChI=1S/C19H24N2O4S/c1-12-9-10-14(3)18(11-12)26(23,24)21-20-19(22)16(5)25-17-8-6-7-13(2)15(17)4/h6-11,16,21H,1-5H3,(H,20,22)/t16-/m0/s1. The number of ether oxygens (including phenoxy) is 1. The van der Waals surface area contributed by atoms with Crippen LogP contribution in [0.25, 0.3) is 0 Å². The average Bonchev–Trinajstić information content (AvgIpc) is 2.58. The Hall–Kier alpha value is -2.38. The van der Waals surface area contributed by atoms with E-state index in [9.17, 15) is 13.2 Å². The number of carbonyl (C=O) groups excluding carboxylic acids is 1. The minimum atomic E-state index is -3.87. The van der Waals surface area contributed by atoms with Crippen molar-refractivity contribution in [2.24, 2.45) is 0 Å². The van der Waals surface area contributed by atoms with Gasteiger partial charge in [-0.25, -0.2) is 8.42 Å². The summed E-state index contributed by atoms with van der Waals surface area (Å²) in [6.45, 7) is 8.91. The zero-order valence-corrected chi connectivity index (χ0v) is 16.4. The summed E-state index contributed by atoms with van der Waals surface area (Å²) in [5.74, 6) is 0.00447. The predicted molar refractivity (Wildman–Crippen MR) is 100 cm³/mol. The molecule has 2 aromatic carbocycles. The number of benzene rings is 2. The molecule has 0 aromatic heterocycles. The Morgan fingerprint density at radius 1 is 1.04 bits per heavy atom. The van der Waals surface area contributed by atoms with Crippen LogP contribution in [0.15, 0.2) is 41.3 Å². The first-order chi connectivity index (χ1) is 12.1. The molecule has 0 aliphatic heterocycles. The van der Waals surface area contributed by atoms with Crippen molar-refractivity contribution in [3.8, 4) is 5.75 Å². The summed E-state index contributed by atoms with van der Waals surface area (Å²) >= 11 is 0. The second-order valence-corrected chi connectivity index (χ2v) is 7.97. The number of nitrogens with one attached hydrogen (secondary N) is 2. The lowest BCUT2D eigenvalue weighted by Gasteiger charge is -2.17. The van der Waals surface area contributed by atoms with Gasteiger partial charge in [0.05, 0.1) is 4.90 Å². The normalized spacial score (nSPS) is 12.5. The highest BCUT2D eigenvalue weighted by Gasteiger charge is 2.21. The Labute approximate surface area is 154 Å². The van der Waals surface area contributed by atoms with Gasteiger partial charge in [0.15, 0.2) is 6.10 Å². The molecule has 26 heavy (non-hydrogen) atoms. The molecule has 0 spiro atoms. The van der Waals surface area contributed by atoms with Crippen molar-refractivity contribution in [1.82, 2.24) is 10.3 Å². The smallest absolute Gasteiger partial charge is 0.275 e. The van der Waals surface area contributed by atoms with Crippen LogP contribution < -0.4 is 15.0 Å². The molecule has 7 heteroatoms. The topological polar surface area (TPSA) is 84.5 Å². The summed E-state index contributed by atoms with van der Waals surface area (Å²) in [5.41, 5.74) is 5.61. The van der Waals surface area contributed by atoms with Crippen LogP contribution >= 0.6 is 0 Å². The molecule has 0 heterocycles. The number of hydrazine groups is 1. The van der Waals surface area contributed by atoms with Crippen molar-refractivity contribution in [3.63, 3.8) is 0 Å². The Morgan fingerprint density at radius 2 is 1.73 bits per heavy atom. The van der Waals surface area contributed by atoms with E-state index in [1.807, 2.05) is 32.0 Å². The van der Waals surface area contributed by atoms with E-state index >= 15 is 0 Å². The minimum absolute atomic E-state index is 0.126. The number of hydrogen-bond acceptors (Lipinski definition) is 4. The van der Waals surface area contributed by atoms with Crippen LogP contribution in [0.5, 0.6) is 5.75 Å². The molecule has 0 radical (unpaired) electrons. The van der Waals surface area contributed by atoms with E-state index < -0.39 is 22.0 Å². The van der Waals surface area contributed by atoms with Crippen molar-refractivity contribution in [2.75, 3.05) is 0 Å². The first-order valence-electron chi connectivity index (χ1n) is 8.23. The van der Waals surface area contributed by atoms with Gasteiger partial charge in [0.25, 0.3) is 15.9 Å². The van der Waals surface area contributed by atoms with Gasteiger partial charge in [-0.05, 0) is 69.0 Å². The average molecular weight is 376 g/mol. The molecular weight excluding hydrogens is 352 g/mol. The molecule has 140 valence electrons. The molecule has 2 rings (SSSR count). The molecule has 0 saturated carbocycles. The minimum Gasteiger partial charge on any atom is -0.481 e. The fourth-order valence-corrected chi connectivity index (χ4v) is 3.54. The number of carbonyl (C=O) groups is 1. The van der Waals surface area contributed by atoms with E-state index in [1.165, 1.54) is 0 Å². The first kappa shape index (κ1) is 19.9. The van der Waals surface area contributed by atoms with E-state index in [0.29, 0.717) is 11.3 Å². The van der Waals surface area contributed by atoms with Crippen LogP contribution in [0.4, 0.5) is 0 Å². The van der Waals surface area contributed by atoms with Crippen LogP contribution in [-0.2, 0) is 14.8 Å². The summed E-state index contributed by atoms with van der Waals surface area (Å²) in [7, 11) is -3.87.